The molecule has 0 radical (unpaired) electrons. The first-order valence-corrected chi connectivity index (χ1v) is 8.65. The molecule has 0 bridgehead atoms. The third kappa shape index (κ3) is 3.25. The first kappa shape index (κ1) is 16.8. The van der Waals surface area contributed by atoms with Gasteiger partial charge in [-0.1, -0.05) is 30.3 Å². The van der Waals surface area contributed by atoms with E-state index in [1.54, 1.807) is 17.1 Å². The number of anilines is 1. The molecule has 0 atom stereocenters. The number of aryl methyl sites for hydroxylation is 1. The van der Waals surface area contributed by atoms with Crippen molar-refractivity contribution < 1.29 is 4.79 Å². The highest BCUT2D eigenvalue weighted by molar-refractivity contribution is 6.05. The lowest BCUT2D eigenvalue weighted by atomic mass is 10.1. The molecule has 0 saturated heterocycles. The molecule has 0 fully saturated rings. The van der Waals surface area contributed by atoms with Crippen LogP contribution in [0.15, 0.2) is 67.0 Å². The lowest BCUT2D eigenvalue weighted by Gasteiger charge is -2.09. The minimum atomic E-state index is -0.186. The molecule has 0 aliphatic heterocycles. The van der Waals surface area contributed by atoms with Gasteiger partial charge in [-0.05, 0) is 43.7 Å². The summed E-state index contributed by atoms with van der Waals surface area (Å²) in [6, 6.07) is 17.5. The molecule has 1 amide bonds. The number of nitrogens with zero attached hydrogens (tertiary/aromatic N) is 3. The van der Waals surface area contributed by atoms with Gasteiger partial charge in [0.05, 0.1) is 28.8 Å². The van der Waals surface area contributed by atoms with E-state index in [4.69, 9.17) is 0 Å². The Balaban J connectivity index is 1.60. The van der Waals surface area contributed by atoms with E-state index >= 15 is 0 Å². The number of amides is 1. The fourth-order valence-electron chi connectivity index (χ4n) is 3.06. The quantitative estimate of drug-likeness (QED) is 0.576. The number of rotatable bonds is 4. The summed E-state index contributed by atoms with van der Waals surface area (Å²) in [6.07, 6.45) is 3.31. The molecule has 6 nitrogen and oxygen atoms in total. The van der Waals surface area contributed by atoms with E-state index in [0.29, 0.717) is 5.56 Å². The lowest BCUT2D eigenvalue weighted by molar-refractivity contribution is 0.102. The zero-order chi connectivity index (χ0) is 18.8. The van der Waals surface area contributed by atoms with Gasteiger partial charge < -0.3 is 5.32 Å². The van der Waals surface area contributed by atoms with Crippen LogP contribution in [0.2, 0.25) is 0 Å². The topological polar surface area (TPSA) is 75.6 Å². The van der Waals surface area contributed by atoms with E-state index in [1.165, 1.54) is 0 Å². The number of nitrogens with one attached hydrogen (secondary N) is 2. The minimum absolute atomic E-state index is 0.186. The van der Waals surface area contributed by atoms with E-state index in [9.17, 15) is 4.79 Å². The summed E-state index contributed by atoms with van der Waals surface area (Å²) in [5, 5.41) is 14.3. The first-order chi connectivity index (χ1) is 13.1. The smallest absolute Gasteiger partial charge is 0.259 e. The van der Waals surface area contributed by atoms with Gasteiger partial charge in [0.25, 0.3) is 5.91 Å². The Hall–Kier alpha value is -3.67. The molecule has 2 aromatic carbocycles. The highest BCUT2D eigenvalue weighted by atomic mass is 16.1. The lowest BCUT2D eigenvalue weighted by Crippen LogP contribution is -2.13. The third-order valence-electron chi connectivity index (χ3n) is 4.53. The molecule has 0 aliphatic carbocycles. The second-order valence-electron chi connectivity index (χ2n) is 6.35. The van der Waals surface area contributed by atoms with E-state index in [2.05, 4.69) is 20.6 Å². The predicted octanol–water partition coefficient (Wildman–Crippen LogP) is 4.13. The molecule has 2 N–H and O–H groups in total. The van der Waals surface area contributed by atoms with Crippen LogP contribution in [-0.4, -0.2) is 25.9 Å². The summed E-state index contributed by atoms with van der Waals surface area (Å²) in [4.78, 5) is 12.8. The molecule has 4 rings (SSSR count). The van der Waals surface area contributed by atoms with Crippen molar-refractivity contribution in [2.75, 3.05) is 5.32 Å². The number of hydrogen-bond acceptors (Lipinski definition) is 3. The summed E-state index contributed by atoms with van der Waals surface area (Å²) in [7, 11) is 0. The number of carbonyl (C=O) groups excluding carboxylic acids is 1. The molecule has 2 heterocycles. The van der Waals surface area contributed by atoms with Crippen molar-refractivity contribution in [1.29, 1.82) is 0 Å². The largest absolute Gasteiger partial charge is 0.322 e. The molecular weight excluding hydrogens is 338 g/mol. The number of aromatic nitrogens is 4. The van der Waals surface area contributed by atoms with Gasteiger partial charge in [-0.3, -0.25) is 9.89 Å². The Bertz CT molecular complexity index is 1100. The van der Waals surface area contributed by atoms with Crippen LogP contribution < -0.4 is 5.32 Å². The third-order valence-corrected chi connectivity index (χ3v) is 4.53. The van der Waals surface area contributed by atoms with Crippen LogP contribution >= 0.6 is 0 Å². The summed E-state index contributed by atoms with van der Waals surface area (Å²) in [6.45, 7) is 3.92. The van der Waals surface area contributed by atoms with Crippen molar-refractivity contribution >= 4 is 11.6 Å². The van der Waals surface area contributed by atoms with E-state index < -0.39 is 0 Å². The molecule has 134 valence electrons. The van der Waals surface area contributed by atoms with Crippen molar-refractivity contribution in [1.82, 2.24) is 20.0 Å². The van der Waals surface area contributed by atoms with Gasteiger partial charge in [0.1, 0.15) is 0 Å². The first-order valence-electron chi connectivity index (χ1n) is 8.65. The molecule has 4 aromatic rings. The molecule has 0 unspecified atom stereocenters. The number of H-pyrrole nitrogens is 1. The number of para-hydroxylation sites is 1. The Morgan fingerprint density at radius 2 is 1.93 bits per heavy atom. The van der Waals surface area contributed by atoms with Crippen molar-refractivity contribution in [3.05, 3.63) is 83.8 Å². The molecule has 27 heavy (non-hydrogen) atoms. The van der Waals surface area contributed by atoms with Gasteiger partial charge in [0.2, 0.25) is 0 Å². The molecule has 0 aliphatic rings. The van der Waals surface area contributed by atoms with E-state index in [-0.39, 0.29) is 5.91 Å². The van der Waals surface area contributed by atoms with Crippen molar-refractivity contribution in [3.8, 4) is 16.9 Å². The number of hydrogen-bond donors (Lipinski definition) is 2. The molecule has 2 aromatic heterocycles. The molecule has 6 heteroatoms. The van der Waals surface area contributed by atoms with Crippen LogP contribution in [0.25, 0.3) is 16.9 Å². The maximum absolute atomic E-state index is 12.8. The van der Waals surface area contributed by atoms with Crippen LogP contribution in [0.5, 0.6) is 0 Å². The van der Waals surface area contributed by atoms with E-state index in [0.717, 1.165) is 33.9 Å². The predicted molar refractivity (Wildman–Crippen MR) is 105 cm³/mol. The minimum Gasteiger partial charge on any atom is -0.322 e. The molecule has 0 saturated carbocycles. The van der Waals surface area contributed by atoms with Gasteiger partial charge in [0.15, 0.2) is 0 Å². The van der Waals surface area contributed by atoms with Crippen LogP contribution in [0.1, 0.15) is 21.6 Å². The zero-order valence-electron chi connectivity index (χ0n) is 15.1. The average molecular weight is 357 g/mol. The Labute approximate surface area is 156 Å². The highest BCUT2D eigenvalue weighted by Gasteiger charge is 2.16. The normalized spacial score (nSPS) is 10.7. The second-order valence-corrected chi connectivity index (χ2v) is 6.35. The highest BCUT2D eigenvalue weighted by Crippen LogP contribution is 2.22. The number of aromatic amines is 1. The summed E-state index contributed by atoms with van der Waals surface area (Å²) in [5.74, 6) is -0.186. The van der Waals surface area contributed by atoms with Crippen LogP contribution in [0.4, 0.5) is 5.69 Å². The fraction of sp³-hybridized carbons (Fsp3) is 0.0952. The second kappa shape index (κ2) is 6.92. The maximum atomic E-state index is 12.8. The van der Waals surface area contributed by atoms with Gasteiger partial charge >= 0.3 is 0 Å². The maximum Gasteiger partial charge on any atom is 0.259 e. The summed E-state index contributed by atoms with van der Waals surface area (Å²) >= 11 is 0. The number of carbonyl (C=O) groups is 1. The summed E-state index contributed by atoms with van der Waals surface area (Å²) in [5.41, 5.74) is 5.98. The van der Waals surface area contributed by atoms with E-state index in [1.807, 2.05) is 68.4 Å². The Kier molecular flexibility index (Phi) is 4.30. The number of benzene rings is 2. The van der Waals surface area contributed by atoms with Gasteiger partial charge in [-0.25, -0.2) is 4.68 Å². The van der Waals surface area contributed by atoms with Gasteiger partial charge in [0, 0.05) is 17.4 Å². The monoisotopic (exact) mass is 357 g/mol. The fourth-order valence-corrected chi connectivity index (χ4v) is 3.06. The Morgan fingerprint density at radius 1 is 1.07 bits per heavy atom. The zero-order valence-corrected chi connectivity index (χ0v) is 15.1. The van der Waals surface area contributed by atoms with Gasteiger partial charge in [-0.15, -0.1) is 0 Å². The standard InChI is InChI=1S/C21H19N5O/c1-14-6-3-4-9-20(14)26-15(2)18(13-23-26)21(27)24-17-8-5-7-16(12-17)19-10-11-22-25-19/h3-13H,1-2H3,(H,22,25)(H,24,27). The van der Waals surface area contributed by atoms with Crippen molar-refractivity contribution in [2.45, 2.75) is 13.8 Å². The van der Waals surface area contributed by atoms with Gasteiger partial charge in [-0.2, -0.15) is 10.2 Å². The van der Waals surface area contributed by atoms with Crippen molar-refractivity contribution in [3.63, 3.8) is 0 Å². The van der Waals surface area contributed by atoms with Crippen LogP contribution in [-0.2, 0) is 0 Å². The Morgan fingerprint density at radius 3 is 2.70 bits per heavy atom. The van der Waals surface area contributed by atoms with Crippen molar-refractivity contribution in [2.24, 2.45) is 0 Å². The SMILES string of the molecule is Cc1ccccc1-n1ncc(C(=O)Nc2cccc(-c3ccn[nH]3)c2)c1C. The average Bonchev–Trinajstić information content (AvgIpc) is 3.32. The van der Waals surface area contributed by atoms with Crippen LogP contribution in [0.3, 0.4) is 0 Å². The molecular formula is C21H19N5O. The molecule has 0 spiro atoms. The summed E-state index contributed by atoms with van der Waals surface area (Å²) < 4.78 is 1.80. The van der Waals surface area contributed by atoms with Crippen LogP contribution in [0, 0.1) is 13.8 Å².